The molecular weight excluding hydrogens is 268 g/mol. The number of hydrogen-bond donors (Lipinski definition) is 0. The van der Waals surface area contributed by atoms with Gasteiger partial charge in [-0.25, -0.2) is 4.79 Å². The first kappa shape index (κ1) is 17.6. The largest absolute Gasteiger partial charge is 0.465 e. The van der Waals surface area contributed by atoms with E-state index in [-0.39, 0.29) is 11.4 Å². The Morgan fingerprint density at radius 2 is 1.86 bits per heavy atom. The fourth-order valence-corrected chi connectivity index (χ4v) is 2.20. The molecule has 0 aromatic carbocycles. The van der Waals surface area contributed by atoms with Crippen molar-refractivity contribution < 1.29 is 19.1 Å². The Hall–Kier alpha value is -1.50. The minimum Gasteiger partial charge on any atom is -0.465 e. The Balaban J connectivity index is 2.73. The Morgan fingerprint density at radius 3 is 2.29 bits per heavy atom. The minimum absolute atomic E-state index is 0.208. The quantitative estimate of drug-likeness (QED) is 0.444. The Bertz CT molecular complexity index is 444. The van der Waals surface area contributed by atoms with E-state index < -0.39 is 17.5 Å². The predicted molar refractivity (Wildman–Crippen MR) is 80.3 cm³/mol. The van der Waals surface area contributed by atoms with Crippen LogP contribution < -0.4 is 0 Å². The van der Waals surface area contributed by atoms with Crippen molar-refractivity contribution in [1.29, 1.82) is 0 Å². The zero-order chi connectivity index (χ0) is 16.1. The SMILES string of the molecule is CCOC(=O)[C@@H](C#CC(=O)OC(C)(C)C)CC1(CC)CC1. The molecule has 0 amide bonds. The number of carbonyl (C=O) groups excluding carboxylic acids is 2. The van der Waals surface area contributed by atoms with Crippen molar-refractivity contribution in [3.05, 3.63) is 0 Å². The maximum absolute atomic E-state index is 12.0. The molecule has 0 heterocycles. The van der Waals surface area contributed by atoms with E-state index in [1.807, 2.05) is 0 Å². The Labute approximate surface area is 127 Å². The molecule has 0 bridgehead atoms. The number of hydrogen-bond acceptors (Lipinski definition) is 4. The molecule has 1 aliphatic carbocycles. The molecule has 1 aliphatic rings. The van der Waals surface area contributed by atoms with Gasteiger partial charge in [0, 0.05) is 5.92 Å². The van der Waals surface area contributed by atoms with E-state index in [1.165, 1.54) is 0 Å². The van der Waals surface area contributed by atoms with Crippen LogP contribution in [0.15, 0.2) is 0 Å². The van der Waals surface area contributed by atoms with Crippen molar-refractivity contribution >= 4 is 11.9 Å². The van der Waals surface area contributed by atoms with E-state index in [1.54, 1.807) is 27.7 Å². The Kier molecular flexibility index (Phi) is 5.83. The minimum atomic E-state index is -0.599. The van der Waals surface area contributed by atoms with Gasteiger partial charge in [0.05, 0.1) is 6.61 Å². The highest BCUT2D eigenvalue weighted by Gasteiger charge is 2.43. The van der Waals surface area contributed by atoms with Crippen molar-refractivity contribution in [3.63, 3.8) is 0 Å². The molecule has 1 rings (SSSR count). The molecule has 118 valence electrons. The molecular formula is C17H26O4. The van der Waals surface area contributed by atoms with E-state index in [2.05, 4.69) is 18.8 Å². The number of ether oxygens (including phenoxy) is 2. The lowest BCUT2D eigenvalue weighted by molar-refractivity contribution is -0.147. The van der Waals surface area contributed by atoms with Gasteiger partial charge in [-0.2, -0.15) is 0 Å². The first-order chi connectivity index (χ1) is 9.71. The molecule has 0 aromatic rings. The summed E-state index contributed by atoms with van der Waals surface area (Å²) < 4.78 is 10.2. The van der Waals surface area contributed by atoms with Gasteiger partial charge < -0.3 is 9.47 Å². The van der Waals surface area contributed by atoms with E-state index in [0.717, 1.165) is 19.3 Å². The van der Waals surface area contributed by atoms with Gasteiger partial charge in [-0.15, -0.1) is 0 Å². The lowest BCUT2D eigenvalue weighted by Crippen LogP contribution is -2.24. The van der Waals surface area contributed by atoms with E-state index in [4.69, 9.17) is 9.47 Å². The summed E-state index contributed by atoms with van der Waals surface area (Å²) in [6, 6.07) is 0. The van der Waals surface area contributed by atoms with Crippen LogP contribution in [0, 0.1) is 23.2 Å². The van der Waals surface area contributed by atoms with E-state index >= 15 is 0 Å². The molecule has 21 heavy (non-hydrogen) atoms. The summed E-state index contributed by atoms with van der Waals surface area (Å²) in [5.74, 6) is 3.72. The van der Waals surface area contributed by atoms with E-state index in [0.29, 0.717) is 13.0 Å². The summed E-state index contributed by atoms with van der Waals surface area (Å²) in [5, 5.41) is 0. The average Bonchev–Trinajstić information content (AvgIpc) is 3.13. The number of carbonyl (C=O) groups is 2. The molecule has 0 radical (unpaired) electrons. The van der Waals surface area contributed by atoms with Crippen LogP contribution >= 0.6 is 0 Å². The van der Waals surface area contributed by atoms with Gasteiger partial charge >= 0.3 is 11.9 Å². The fourth-order valence-electron chi connectivity index (χ4n) is 2.20. The molecule has 0 aliphatic heterocycles. The van der Waals surface area contributed by atoms with Gasteiger partial charge in [0.1, 0.15) is 11.5 Å². The molecule has 4 nitrogen and oxygen atoms in total. The summed E-state index contributed by atoms with van der Waals surface area (Å²) in [6.45, 7) is 9.56. The topological polar surface area (TPSA) is 52.6 Å². The first-order valence-corrected chi connectivity index (χ1v) is 7.62. The highest BCUT2D eigenvalue weighted by atomic mass is 16.6. The Morgan fingerprint density at radius 1 is 1.24 bits per heavy atom. The average molecular weight is 294 g/mol. The van der Waals surface area contributed by atoms with Crippen molar-refractivity contribution in [1.82, 2.24) is 0 Å². The standard InChI is InChI=1S/C17H26O4/c1-6-17(10-11-17)12-13(15(19)20-7-2)8-9-14(18)21-16(3,4)5/h13H,6-7,10-12H2,1-5H3/t13-/m0/s1. The highest BCUT2D eigenvalue weighted by Crippen LogP contribution is 2.53. The van der Waals surface area contributed by atoms with Gasteiger partial charge in [0.15, 0.2) is 0 Å². The van der Waals surface area contributed by atoms with Crippen LogP contribution in [0.2, 0.25) is 0 Å². The molecule has 1 fully saturated rings. The van der Waals surface area contributed by atoms with Gasteiger partial charge in [-0.1, -0.05) is 19.3 Å². The third-order valence-electron chi connectivity index (χ3n) is 3.66. The second kappa shape index (κ2) is 6.98. The maximum atomic E-state index is 12.0. The van der Waals surface area contributed by atoms with Crippen LogP contribution in [0.1, 0.15) is 60.3 Å². The van der Waals surface area contributed by atoms with Crippen molar-refractivity contribution in [3.8, 4) is 11.8 Å². The zero-order valence-electron chi connectivity index (χ0n) is 13.7. The highest BCUT2D eigenvalue weighted by molar-refractivity contribution is 5.90. The second-order valence-corrected chi connectivity index (χ2v) is 6.63. The van der Waals surface area contributed by atoms with Crippen LogP contribution in [0.25, 0.3) is 0 Å². The van der Waals surface area contributed by atoms with Crippen LogP contribution in [0.5, 0.6) is 0 Å². The van der Waals surface area contributed by atoms with E-state index in [9.17, 15) is 9.59 Å². The fraction of sp³-hybridized carbons (Fsp3) is 0.765. The summed E-state index contributed by atoms with van der Waals surface area (Å²) >= 11 is 0. The van der Waals surface area contributed by atoms with Crippen LogP contribution in [-0.4, -0.2) is 24.1 Å². The van der Waals surface area contributed by atoms with Gasteiger partial charge in [0.25, 0.3) is 0 Å². The van der Waals surface area contributed by atoms with Gasteiger partial charge in [-0.3, -0.25) is 4.79 Å². The third-order valence-corrected chi connectivity index (χ3v) is 3.66. The molecule has 0 N–H and O–H groups in total. The third kappa shape index (κ3) is 6.20. The predicted octanol–water partition coefficient (Wildman–Crippen LogP) is 3.09. The monoisotopic (exact) mass is 294 g/mol. The normalized spacial score (nSPS) is 17.2. The summed E-state index contributed by atoms with van der Waals surface area (Å²) in [7, 11) is 0. The van der Waals surface area contributed by atoms with Gasteiger partial charge in [-0.05, 0) is 52.4 Å². The molecule has 0 unspecified atom stereocenters. The van der Waals surface area contributed by atoms with Crippen molar-refractivity contribution in [2.45, 2.75) is 65.9 Å². The summed E-state index contributed by atoms with van der Waals surface area (Å²) in [4.78, 5) is 23.6. The first-order valence-electron chi connectivity index (χ1n) is 7.62. The van der Waals surface area contributed by atoms with Crippen LogP contribution in [-0.2, 0) is 19.1 Å². The molecule has 0 spiro atoms. The van der Waals surface area contributed by atoms with Crippen molar-refractivity contribution in [2.75, 3.05) is 6.61 Å². The van der Waals surface area contributed by atoms with Gasteiger partial charge in [0.2, 0.25) is 0 Å². The lowest BCUT2D eigenvalue weighted by Gasteiger charge is -2.18. The lowest BCUT2D eigenvalue weighted by atomic mass is 9.90. The number of esters is 2. The summed E-state index contributed by atoms with van der Waals surface area (Å²) in [5.41, 5.74) is -0.369. The van der Waals surface area contributed by atoms with Crippen molar-refractivity contribution in [2.24, 2.45) is 11.3 Å². The maximum Gasteiger partial charge on any atom is 0.384 e. The summed E-state index contributed by atoms with van der Waals surface area (Å²) in [6.07, 6.45) is 3.93. The molecule has 0 saturated heterocycles. The smallest absolute Gasteiger partial charge is 0.384 e. The van der Waals surface area contributed by atoms with Crippen LogP contribution in [0.4, 0.5) is 0 Å². The molecule has 0 aromatic heterocycles. The molecule has 1 saturated carbocycles. The van der Waals surface area contributed by atoms with Crippen LogP contribution in [0.3, 0.4) is 0 Å². The number of rotatable bonds is 5. The molecule has 1 atom stereocenters. The zero-order valence-corrected chi connectivity index (χ0v) is 13.7. The molecule has 4 heteroatoms. The second-order valence-electron chi connectivity index (χ2n) is 6.63.